The molecule has 2 heterocycles. The fourth-order valence-corrected chi connectivity index (χ4v) is 4.87. The van der Waals surface area contributed by atoms with Crippen LogP contribution in [0.2, 0.25) is 0 Å². The Morgan fingerprint density at radius 1 is 1.12 bits per heavy atom. The third-order valence-electron chi connectivity index (χ3n) is 6.23. The number of hydrogen-bond donors (Lipinski definition) is 1. The van der Waals surface area contributed by atoms with Crippen molar-refractivity contribution in [3.8, 4) is 0 Å². The SMILES string of the molecule is CCN1c2ccc(/C=C3/C(=O)NC(=O)N(c4ccccc4F)C3=O)cc2C(C)CC1(C)C. The highest BCUT2D eigenvalue weighted by molar-refractivity contribution is 6.39. The molecule has 32 heavy (non-hydrogen) atoms. The van der Waals surface area contributed by atoms with Crippen LogP contribution in [0.1, 0.15) is 51.2 Å². The Morgan fingerprint density at radius 2 is 1.84 bits per heavy atom. The molecule has 0 aromatic heterocycles. The highest BCUT2D eigenvalue weighted by Gasteiger charge is 2.38. The normalized spacial score (nSPS) is 21.6. The minimum Gasteiger partial charge on any atom is -0.366 e. The number of fused-ring (bicyclic) bond motifs is 1. The molecule has 0 saturated carbocycles. The van der Waals surface area contributed by atoms with Crippen molar-refractivity contribution >= 4 is 35.3 Å². The van der Waals surface area contributed by atoms with Crippen molar-refractivity contribution in [1.82, 2.24) is 5.32 Å². The van der Waals surface area contributed by atoms with E-state index in [0.29, 0.717) is 16.4 Å². The molecule has 0 spiro atoms. The van der Waals surface area contributed by atoms with Gasteiger partial charge in [0.2, 0.25) is 0 Å². The number of hydrogen-bond acceptors (Lipinski definition) is 4. The van der Waals surface area contributed by atoms with Crippen LogP contribution < -0.4 is 15.1 Å². The topological polar surface area (TPSA) is 69.7 Å². The van der Waals surface area contributed by atoms with Crippen LogP contribution in [0.5, 0.6) is 0 Å². The second-order valence-corrected chi connectivity index (χ2v) is 8.89. The summed E-state index contributed by atoms with van der Waals surface area (Å²) in [4.78, 5) is 40.8. The maximum atomic E-state index is 14.3. The number of urea groups is 1. The van der Waals surface area contributed by atoms with Crippen molar-refractivity contribution in [2.24, 2.45) is 0 Å². The van der Waals surface area contributed by atoms with Crippen LogP contribution in [-0.4, -0.2) is 29.9 Å². The van der Waals surface area contributed by atoms with E-state index in [1.54, 1.807) is 0 Å². The van der Waals surface area contributed by atoms with E-state index in [-0.39, 0.29) is 16.8 Å². The fourth-order valence-electron chi connectivity index (χ4n) is 4.87. The van der Waals surface area contributed by atoms with Crippen molar-refractivity contribution in [3.63, 3.8) is 0 Å². The molecule has 2 aromatic carbocycles. The number of imide groups is 2. The standard InChI is InChI=1S/C25H26FN3O3/c1-5-28-20-11-10-16(12-17(20)15(2)14-25(28,3)4)13-18-22(30)27-24(32)29(23(18)31)21-9-7-6-8-19(21)26/h6-13,15H,5,14H2,1-4H3,(H,27,30,32)/b18-13-. The van der Waals surface area contributed by atoms with Crippen molar-refractivity contribution in [2.75, 3.05) is 16.3 Å². The van der Waals surface area contributed by atoms with Crippen LogP contribution in [0.3, 0.4) is 0 Å². The zero-order valence-electron chi connectivity index (χ0n) is 18.6. The van der Waals surface area contributed by atoms with Gasteiger partial charge in [-0.2, -0.15) is 0 Å². The van der Waals surface area contributed by atoms with Gasteiger partial charge in [0.05, 0.1) is 5.69 Å². The Hall–Kier alpha value is -3.48. The summed E-state index contributed by atoms with van der Waals surface area (Å²) in [5, 5.41) is 2.14. The number of nitrogens with one attached hydrogen (secondary N) is 1. The van der Waals surface area contributed by atoms with Gasteiger partial charge >= 0.3 is 6.03 Å². The Morgan fingerprint density at radius 3 is 2.53 bits per heavy atom. The average Bonchev–Trinajstić information content (AvgIpc) is 2.72. The van der Waals surface area contributed by atoms with Gasteiger partial charge in [0, 0.05) is 17.8 Å². The number of halogens is 1. The minimum atomic E-state index is -0.970. The number of benzene rings is 2. The molecule has 6 nitrogen and oxygen atoms in total. The molecule has 1 N–H and O–H groups in total. The number of anilines is 2. The summed E-state index contributed by atoms with van der Waals surface area (Å²) < 4.78 is 14.3. The van der Waals surface area contributed by atoms with Crippen LogP contribution >= 0.6 is 0 Å². The predicted octanol–water partition coefficient (Wildman–Crippen LogP) is 4.60. The summed E-state index contributed by atoms with van der Waals surface area (Å²) in [5.41, 5.74) is 2.57. The van der Waals surface area contributed by atoms with E-state index in [2.05, 4.69) is 37.9 Å². The molecular weight excluding hydrogens is 409 g/mol. The first-order valence-electron chi connectivity index (χ1n) is 10.7. The van der Waals surface area contributed by atoms with Crippen molar-refractivity contribution in [1.29, 1.82) is 0 Å². The van der Waals surface area contributed by atoms with E-state index >= 15 is 0 Å². The number of amides is 4. The van der Waals surface area contributed by atoms with Crippen molar-refractivity contribution in [2.45, 2.75) is 45.6 Å². The summed E-state index contributed by atoms with van der Waals surface area (Å²) in [6.07, 6.45) is 2.43. The lowest BCUT2D eigenvalue weighted by molar-refractivity contribution is -0.122. The molecule has 166 valence electrons. The molecule has 0 aliphatic carbocycles. The molecule has 0 radical (unpaired) electrons. The van der Waals surface area contributed by atoms with Gasteiger partial charge in [0.1, 0.15) is 11.4 Å². The molecule has 1 atom stereocenters. The maximum absolute atomic E-state index is 14.3. The summed E-state index contributed by atoms with van der Waals surface area (Å²) in [6.45, 7) is 9.61. The average molecular weight is 435 g/mol. The molecule has 0 bridgehead atoms. The second kappa shape index (κ2) is 7.89. The smallest absolute Gasteiger partial charge is 0.336 e. The molecule has 2 aliphatic rings. The van der Waals surface area contributed by atoms with Crippen LogP contribution in [0.25, 0.3) is 6.08 Å². The Kier molecular flexibility index (Phi) is 5.36. The fraction of sp³-hybridized carbons (Fsp3) is 0.320. The lowest BCUT2D eigenvalue weighted by atomic mass is 9.79. The third kappa shape index (κ3) is 3.57. The summed E-state index contributed by atoms with van der Waals surface area (Å²) in [7, 11) is 0. The molecule has 1 saturated heterocycles. The molecule has 2 aliphatic heterocycles. The molecule has 7 heteroatoms. The van der Waals surface area contributed by atoms with Gasteiger partial charge < -0.3 is 4.90 Å². The number of carbonyl (C=O) groups is 3. The number of rotatable bonds is 3. The zero-order valence-corrected chi connectivity index (χ0v) is 18.6. The largest absolute Gasteiger partial charge is 0.366 e. The van der Waals surface area contributed by atoms with Crippen LogP contribution in [0.15, 0.2) is 48.0 Å². The Labute approximate surface area is 186 Å². The second-order valence-electron chi connectivity index (χ2n) is 8.89. The first-order valence-corrected chi connectivity index (χ1v) is 10.7. The quantitative estimate of drug-likeness (QED) is 0.565. The first-order chi connectivity index (χ1) is 15.1. The molecule has 2 aromatic rings. The number of carbonyl (C=O) groups excluding carboxylic acids is 3. The molecule has 1 unspecified atom stereocenters. The van der Waals surface area contributed by atoms with Gasteiger partial charge in [0.25, 0.3) is 11.8 Å². The Bertz CT molecular complexity index is 1150. The van der Waals surface area contributed by atoms with Gasteiger partial charge in [-0.05, 0) is 74.6 Å². The number of nitrogens with zero attached hydrogens (tertiary/aromatic N) is 2. The van der Waals surface area contributed by atoms with Gasteiger partial charge in [-0.3, -0.25) is 14.9 Å². The molecular formula is C25H26FN3O3. The van der Waals surface area contributed by atoms with Gasteiger partial charge in [-0.15, -0.1) is 0 Å². The van der Waals surface area contributed by atoms with Gasteiger partial charge in [-0.1, -0.05) is 25.1 Å². The van der Waals surface area contributed by atoms with E-state index < -0.39 is 23.7 Å². The molecule has 4 amide bonds. The molecule has 4 rings (SSSR count). The zero-order chi connectivity index (χ0) is 23.2. The summed E-state index contributed by atoms with van der Waals surface area (Å²) >= 11 is 0. The maximum Gasteiger partial charge on any atom is 0.336 e. The summed E-state index contributed by atoms with van der Waals surface area (Å²) in [5.74, 6) is -2.08. The number of barbiturate groups is 1. The van der Waals surface area contributed by atoms with Crippen LogP contribution in [0, 0.1) is 5.82 Å². The van der Waals surface area contributed by atoms with E-state index in [9.17, 15) is 18.8 Å². The van der Waals surface area contributed by atoms with E-state index in [0.717, 1.165) is 30.3 Å². The van der Waals surface area contributed by atoms with Crippen molar-refractivity contribution < 1.29 is 18.8 Å². The monoisotopic (exact) mass is 435 g/mol. The van der Waals surface area contributed by atoms with E-state index in [1.165, 1.54) is 24.3 Å². The Balaban J connectivity index is 1.74. The highest BCUT2D eigenvalue weighted by Crippen LogP contribution is 2.43. The number of para-hydroxylation sites is 1. The minimum absolute atomic E-state index is 0.0288. The third-order valence-corrected chi connectivity index (χ3v) is 6.23. The van der Waals surface area contributed by atoms with Crippen molar-refractivity contribution in [3.05, 3.63) is 65.0 Å². The van der Waals surface area contributed by atoms with Crippen LogP contribution in [-0.2, 0) is 9.59 Å². The van der Waals surface area contributed by atoms with Crippen LogP contribution in [0.4, 0.5) is 20.6 Å². The van der Waals surface area contributed by atoms with Gasteiger partial charge in [0.15, 0.2) is 0 Å². The van der Waals surface area contributed by atoms with Gasteiger partial charge in [-0.25, -0.2) is 14.1 Å². The van der Waals surface area contributed by atoms with E-state index in [1.807, 2.05) is 18.2 Å². The summed E-state index contributed by atoms with van der Waals surface area (Å²) in [6, 6.07) is 10.3. The molecule has 1 fully saturated rings. The highest BCUT2D eigenvalue weighted by atomic mass is 19.1. The lowest BCUT2D eigenvalue weighted by Gasteiger charge is -2.47. The first kappa shape index (κ1) is 21.7. The van der Waals surface area contributed by atoms with E-state index in [4.69, 9.17) is 0 Å². The lowest BCUT2D eigenvalue weighted by Crippen LogP contribution is -2.54. The predicted molar refractivity (Wildman–Crippen MR) is 122 cm³/mol.